The fourth-order valence-corrected chi connectivity index (χ4v) is 3.40. The lowest BCUT2D eigenvalue weighted by Gasteiger charge is -2.23. The van der Waals surface area contributed by atoms with E-state index in [-0.39, 0.29) is 18.7 Å². The predicted molar refractivity (Wildman–Crippen MR) is 114 cm³/mol. The molecule has 2 aromatic rings. The first-order valence-corrected chi connectivity index (χ1v) is 10.2. The van der Waals surface area contributed by atoms with Gasteiger partial charge in [0, 0.05) is 14.5 Å². The molecule has 154 valence electrons. The summed E-state index contributed by atoms with van der Waals surface area (Å²) < 4.78 is 6.03. The van der Waals surface area contributed by atoms with E-state index < -0.39 is 17.5 Å². The summed E-state index contributed by atoms with van der Waals surface area (Å²) in [7, 11) is 0. The SMILES string of the molecule is CCC(O)(C(=O)O)c1ccccc1Br.CCOC(=O)C(=[N+]=[N-])c1ccccc1Br. The van der Waals surface area contributed by atoms with Crippen molar-refractivity contribution in [3.8, 4) is 0 Å². The highest BCUT2D eigenvalue weighted by Crippen LogP contribution is 2.31. The average molecular weight is 528 g/mol. The number of hydrogen-bond acceptors (Lipinski definition) is 4. The zero-order chi connectivity index (χ0) is 22.0. The fourth-order valence-electron chi connectivity index (χ4n) is 2.31. The number of halogens is 2. The van der Waals surface area contributed by atoms with Crippen molar-refractivity contribution in [1.29, 1.82) is 0 Å². The zero-order valence-electron chi connectivity index (χ0n) is 15.8. The molecule has 0 saturated carbocycles. The topological polar surface area (TPSA) is 120 Å². The van der Waals surface area contributed by atoms with Gasteiger partial charge in [0.2, 0.25) is 0 Å². The maximum Gasteiger partial charge on any atom is 0.422 e. The quantitative estimate of drug-likeness (QED) is 0.253. The number of carbonyl (C=O) groups is 2. The Morgan fingerprint density at radius 1 is 1.07 bits per heavy atom. The second kappa shape index (κ2) is 11.6. The van der Waals surface area contributed by atoms with Crippen LogP contribution in [-0.2, 0) is 19.9 Å². The third-order valence-electron chi connectivity index (χ3n) is 3.88. The molecule has 2 N–H and O–H groups in total. The van der Waals surface area contributed by atoms with E-state index in [1.807, 2.05) is 0 Å². The Kier molecular flexibility index (Phi) is 9.91. The average Bonchev–Trinajstić information content (AvgIpc) is 2.70. The molecule has 0 radical (unpaired) electrons. The van der Waals surface area contributed by atoms with Crippen molar-refractivity contribution in [3.63, 3.8) is 0 Å². The van der Waals surface area contributed by atoms with E-state index in [1.54, 1.807) is 62.4 Å². The summed E-state index contributed by atoms with van der Waals surface area (Å²) in [6.07, 6.45) is 0.130. The Morgan fingerprint density at radius 2 is 1.62 bits per heavy atom. The molecule has 7 nitrogen and oxygen atoms in total. The van der Waals surface area contributed by atoms with Crippen LogP contribution in [0.25, 0.3) is 5.53 Å². The summed E-state index contributed by atoms with van der Waals surface area (Å²) >= 11 is 6.48. The van der Waals surface area contributed by atoms with E-state index >= 15 is 0 Å². The zero-order valence-corrected chi connectivity index (χ0v) is 19.0. The first-order valence-electron chi connectivity index (χ1n) is 8.57. The van der Waals surface area contributed by atoms with Crippen molar-refractivity contribution < 1.29 is 29.3 Å². The number of carboxylic acids is 1. The van der Waals surface area contributed by atoms with Crippen molar-refractivity contribution in [3.05, 3.63) is 74.1 Å². The lowest BCUT2D eigenvalue weighted by molar-refractivity contribution is -0.160. The Balaban J connectivity index is 0.000000291. The molecule has 1 atom stereocenters. The summed E-state index contributed by atoms with van der Waals surface area (Å²) in [5, 5.41) is 18.9. The molecule has 2 aromatic carbocycles. The minimum absolute atomic E-state index is 0.107. The molecule has 9 heteroatoms. The van der Waals surface area contributed by atoms with E-state index in [0.717, 1.165) is 0 Å². The van der Waals surface area contributed by atoms with Crippen molar-refractivity contribution in [2.24, 2.45) is 0 Å². The molecule has 0 spiro atoms. The molecule has 1 unspecified atom stereocenters. The molecular formula is C20H20Br2N2O5. The molecule has 0 amide bonds. The van der Waals surface area contributed by atoms with Crippen LogP contribution in [0.5, 0.6) is 0 Å². The molecule has 0 fully saturated rings. The normalized spacial score (nSPS) is 11.9. The summed E-state index contributed by atoms with van der Waals surface area (Å²) in [4.78, 5) is 25.3. The fraction of sp³-hybridized carbons (Fsp3) is 0.250. The van der Waals surface area contributed by atoms with Gasteiger partial charge in [-0.1, -0.05) is 53.2 Å². The Morgan fingerprint density at radius 3 is 2.07 bits per heavy atom. The number of rotatable bonds is 6. The van der Waals surface area contributed by atoms with E-state index in [4.69, 9.17) is 15.4 Å². The highest BCUT2D eigenvalue weighted by molar-refractivity contribution is 9.10. The summed E-state index contributed by atoms with van der Waals surface area (Å²) in [6, 6.07) is 13.7. The molecule has 0 aliphatic carbocycles. The van der Waals surface area contributed by atoms with Gasteiger partial charge in [0.15, 0.2) is 5.60 Å². The van der Waals surface area contributed by atoms with Crippen molar-refractivity contribution >= 4 is 49.5 Å². The summed E-state index contributed by atoms with van der Waals surface area (Å²) in [5.41, 5.74) is 7.74. The lowest BCUT2D eigenvalue weighted by Crippen LogP contribution is -2.35. The van der Waals surface area contributed by atoms with Crippen LogP contribution < -0.4 is 0 Å². The van der Waals surface area contributed by atoms with Crippen LogP contribution in [0.1, 0.15) is 31.4 Å². The molecule has 0 heterocycles. The van der Waals surface area contributed by atoms with Gasteiger partial charge in [0.1, 0.15) is 0 Å². The van der Waals surface area contributed by atoms with Gasteiger partial charge in [0.25, 0.3) is 0 Å². The van der Waals surface area contributed by atoms with Gasteiger partial charge < -0.3 is 20.5 Å². The number of esters is 1. The molecule has 2 rings (SSSR count). The van der Waals surface area contributed by atoms with Gasteiger partial charge in [-0.25, -0.2) is 9.59 Å². The van der Waals surface area contributed by atoms with Gasteiger partial charge in [-0.05, 0) is 47.5 Å². The number of aliphatic hydroxyl groups is 1. The monoisotopic (exact) mass is 526 g/mol. The second-order valence-electron chi connectivity index (χ2n) is 5.65. The number of aliphatic carboxylic acids is 1. The highest BCUT2D eigenvalue weighted by Gasteiger charge is 2.37. The van der Waals surface area contributed by atoms with Crippen LogP contribution in [-0.4, -0.2) is 39.3 Å². The third kappa shape index (κ3) is 6.33. The molecule has 0 aliphatic heterocycles. The summed E-state index contributed by atoms with van der Waals surface area (Å²) in [5.74, 6) is -1.88. The maximum atomic E-state index is 11.4. The number of ether oxygens (including phenoxy) is 1. The number of nitrogens with zero attached hydrogens (tertiary/aromatic N) is 2. The van der Waals surface area contributed by atoms with Crippen molar-refractivity contribution in [2.45, 2.75) is 25.9 Å². The van der Waals surface area contributed by atoms with E-state index in [0.29, 0.717) is 20.1 Å². The van der Waals surface area contributed by atoms with Crippen LogP contribution in [0, 0.1) is 0 Å². The molecule has 0 saturated heterocycles. The van der Waals surface area contributed by atoms with E-state index in [9.17, 15) is 14.7 Å². The van der Waals surface area contributed by atoms with Gasteiger partial charge in [-0.3, -0.25) is 0 Å². The minimum atomic E-state index is -1.81. The minimum Gasteiger partial charge on any atom is -0.479 e. The number of benzene rings is 2. The Hall–Kier alpha value is -2.32. The number of carbonyl (C=O) groups excluding carboxylic acids is 1. The molecule has 0 aliphatic rings. The number of hydrogen-bond donors (Lipinski definition) is 2. The largest absolute Gasteiger partial charge is 0.479 e. The van der Waals surface area contributed by atoms with Gasteiger partial charge in [-0.15, -0.1) is 0 Å². The van der Waals surface area contributed by atoms with Crippen LogP contribution in [0.3, 0.4) is 0 Å². The van der Waals surface area contributed by atoms with Crippen LogP contribution >= 0.6 is 31.9 Å². The van der Waals surface area contributed by atoms with Crippen molar-refractivity contribution in [2.75, 3.05) is 6.61 Å². The molecule has 29 heavy (non-hydrogen) atoms. The predicted octanol–water partition coefficient (Wildman–Crippen LogP) is 4.16. The van der Waals surface area contributed by atoms with Crippen LogP contribution in [0.2, 0.25) is 0 Å². The first kappa shape index (κ1) is 24.7. The van der Waals surface area contributed by atoms with Crippen LogP contribution in [0.4, 0.5) is 0 Å². The standard InChI is InChI=1S/C10H9BrN2O2.C10H11BrO3/c1-2-15-10(14)9(13-12)7-5-3-4-6-8(7)11;1-2-10(14,9(12)13)7-5-3-4-6-8(7)11/h3-6H,2H2,1H3;3-6,14H,2H2,1H3,(H,12,13). The lowest BCUT2D eigenvalue weighted by atomic mass is 9.91. The van der Waals surface area contributed by atoms with Gasteiger partial charge in [0.05, 0.1) is 12.2 Å². The first-order chi connectivity index (χ1) is 13.7. The molecular weight excluding hydrogens is 508 g/mol. The Labute approximate surface area is 185 Å². The number of carboxylic acid groups (broad SMARTS) is 1. The smallest absolute Gasteiger partial charge is 0.422 e. The Bertz CT molecular complexity index is 929. The third-order valence-corrected chi connectivity index (χ3v) is 5.27. The van der Waals surface area contributed by atoms with Gasteiger partial charge >= 0.3 is 17.7 Å². The van der Waals surface area contributed by atoms with Crippen LogP contribution in [0.15, 0.2) is 57.5 Å². The van der Waals surface area contributed by atoms with E-state index in [2.05, 4.69) is 36.6 Å². The maximum absolute atomic E-state index is 11.4. The van der Waals surface area contributed by atoms with E-state index in [1.165, 1.54) is 0 Å². The molecule has 0 bridgehead atoms. The highest BCUT2D eigenvalue weighted by atomic mass is 79.9. The van der Waals surface area contributed by atoms with Crippen molar-refractivity contribution in [1.82, 2.24) is 0 Å². The van der Waals surface area contributed by atoms with Gasteiger partial charge in [-0.2, -0.15) is 4.79 Å². The summed E-state index contributed by atoms with van der Waals surface area (Å²) in [6.45, 7) is 3.56. The molecule has 0 aromatic heterocycles. The second-order valence-corrected chi connectivity index (χ2v) is 7.36.